The zero-order valence-corrected chi connectivity index (χ0v) is 14.4. The minimum atomic E-state index is -3.80. The molecule has 0 aromatic heterocycles. The molecular formula is C16H16ClNO5S. The molecule has 0 bridgehead atoms. The Balaban J connectivity index is 1.72. The zero-order valence-electron chi connectivity index (χ0n) is 12.9. The second-order valence-corrected chi connectivity index (χ2v) is 7.32. The lowest BCUT2D eigenvalue weighted by molar-refractivity contribution is 0.0943. The summed E-state index contributed by atoms with van der Waals surface area (Å²) in [6.45, 7) is 0.318. The summed E-state index contributed by atoms with van der Waals surface area (Å²) in [4.78, 5) is -0.0189. The third-order valence-electron chi connectivity index (χ3n) is 3.48. The van der Waals surface area contributed by atoms with Crippen LogP contribution in [0, 0.1) is 0 Å². The topological polar surface area (TPSA) is 73.9 Å². The van der Waals surface area contributed by atoms with Crippen molar-refractivity contribution in [3.63, 3.8) is 0 Å². The highest BCUT2D eigenvalue weighted by Gasteiger charge is 2.25. The van der Waals surface area contributed by atoms with Crippen molar-refractivity contribution in [3.8, 4) is 17.2 Å². The van der Waals surface area contributed by atoms with E-state index in [1.54, 1.807) is 18.2 Å². The molecule has 0 radical (unpaired) electrons. The Morgan fingerprint density at radius 3 is 2.75 bits per heavy atom. The van der Waals surface area contributed by atoms with Gasteiger partial charge in [0.05, 0.1) is 13.7 Å². The molecule has 0 spiro atoms. The molecule has 0 saturated carbocycles. The number of rotatable bonds is 5. The van der Waals surface area contributed by atoms with Gasteiger partial charge in [0, 0.05) is 5.02 Å². The maximum absolute atomic E-state index is 12.5. The normalized spacial score (nSPS) is 16.7. The van der Waals surface area contributed by atoms with Gasteiger partial charge in [-0.05, 0) is 30.3 Å². The quantitative estimate of drug-likeness (QED) is 0.876. The van der Waals surface area contributed by atoms with Gasteiger partial charge in [0.1, 0.15) is 23.4 Å². The van der Waals surface area contributed by atoms with Crippen LogP contribution in [0.1, 0.15) is 0 Å². The molecule has 1 heterocycles. The van der Waals surface area contributed by atoms with E-state index in [-0.39, 0.29) is 23.8 Å². The molecule has 2 aromatic carbocycles. The first kappa shape index (κ1) is 16.9. The zero-order chi connectivity index (χ0) is 17.2. The van der Waals surface area contributed by atoms with Crippen molar-refractivity contribution in [1.29, 1.82) is 0 Å². The Morgan fingerprint density at radius 1 is 1.25 bits per heavy atom. The van der Waals surface area contributed by atoms with Crippen LogP contribution in [0.4, 0.5) is 0 Å². The Kier molecular flexibility index (Phi) is 4.84. The molecule has 1 aliphatic heterocycles. The maximum Gasteiger partial charge on any atom is 0.244 e. The van der Waals surface area contributed by atoms with E-state index in [0.717, 1.165) is 0 Å². The number of halogens is 1. The number of ether oxygens (including phenoxy) is 3. The van der Waals surface area contributed by atoms with E-state index in [9.17, 15) is 8.42 Å². The summed E-state index contributed by atoms with van der Waals surface area (Å²) < 4.78 is 43.9. The molecule has 6 nitrogen and oxygen atoms in total. The SMILES string of the molecule is COc1ccc(Cl)cc1S(=O)(=O)NCC1COc2ccccc2O1. The fourth-order valence-corrected chi connectivity index (χ4v) is 3.80. The van der Waals surface area contributed by atoms with E-state index in [1.807, 2.05) is 12.1 Å². The van der Waals surface area contributed by atoms with E-state index >= 15 is 0 Å². The average molecular weight is 370 g/mol. The molecule has 0 amide bonds. The van der Waals surface area contributed by atoms with E-state index in [2.05, 4.69) is 4.72 Å². The number of methoxy groups -OCH3 is 1. The smallest absolute Gasteiger partial charge is 0.244 e. The highest BCUT2D eigenvalue weighted by molar-refractivity contribution is 7.89. The number of nitrogens with one attached hydrogen (secondary N) is 1. The first-order chi connectivity index (χ1) is 11.5. The van der Waals surface area contributed by atoms with Crippen LogP contribution in [-0.4, -0.2) is 34.8 Å². The Labute approximate surface area is 145 Å². The maximum atomic E-state index is 12.5. The summed E-state index contributed by atoms with van der Waals surface area (Å²) in [6, 6.07) is 11.7. The summed E-state index contributed by atoms with van der Waals surface area (Å²) in [6.07, 6.45) is -0.431. The molecule has 8 heteroatoms. The standard InChI is InChI=1S/C16H16ClNO5S/c1-21-15-7-6-11(17)8-16(15)24(19,20)18-9-12-10-22-13-4-2-3-5-14(13)23-12/h2-8,12,18H,9-10H2,1H3. The van der Waals surface area contributed by atoms with Gasteiger partial charge in [-0.2, -0.15) is 0 Å². The molecule has 1 N–H and O–H groups in total. The summed E-state index contributed by atoms with van der Waals surface area (Å²) in [7, 11) is -2.40. The van der Waals surface area contributed by atoms with Crippen molar-refractivity contribution in [2.24, 2.45) is 0 Å². The van der Waals surface area contributed by atoms with E-state index < -0.39 is 16.1 Å². The average Bonchev–Trinajstić information content (AvgIpc) is 2.60. The molecule has 128 valence electrons. The largest absolute Gasteiger partial charge is 0.495 e. The van der Waals surface area contributed by atoms with Crippen LogP contribution in [0.2, 0.25) is 5.02 Å². The van der Waals surface area contributed by atoms with Gasteiger partial charge in [-0.25, -0.2) is 13.1 Å². The molecule has 24 heavy (non-hydrogen) atoms. The van der Waals surface area contributed by atoms with Crippen LogP contribution >= 0.6 is 11.6 Å². The van der Waals surface area contributed by atoms with E-state index in [1.165, 1.54) is 19.2 Å². The van der Waals surface area contributed by atoms with Crippen LogP contribution in [0.3, 0.4) is 0 Å². The molecule has 2 aromatic rings. The Hall–Kier alpha value is -1.96. The minimum Gasteiger partial charge on any atom is -0.495 e. The second kappa shape index (κ2) is 6.88. The third kappa shape index (κ3) is 3.58. The minimum absolute atomic E-state index is 0.0189. The first-order valence-corrected chi connectivity index (χ1v) is 9.07. The Bertz CT molecular complexity index is 840. The summed E-state index contributed by atoms with van der Waals surface area (Å²) in [5.41, 5.74) is 0. The van der Waals surface area contributed by atoms with Crippen molar-refractivity contribution in [3.05, 3.63) is 47.5 Å². The van der Waals surface area contributed by atoms with Crippen molar-refractivity contribution < 1.29 is 22.6 Å². The number of para-hydroxylation sites is 2. The predicted molar refractivity (Wildman–Crippen MR) is 89.5 cm³/mol. The van der Waals surface area contributed by atoms with Crippen LogP contribution < -0.4 is 18.9 Å². The van der Waals surface area contributed by atoms with Gasteiger partial charge in [-0.3, -0.25) is 0 Å². The first-order valence-electron chi connectivity index (χ1n) is 7.21. The molecule has 3 rings (SSSR count). The van der Waals surface area contributed by atoms with Gasteiger partial charge < -0.3 is 14.2 Å². The van der Waals surface area contributed by atoms with Crippen molar-refractivity contribution in [2.75, 3.05) is 20.3 Å². The van der Waals surface area contributed by atoms with E-state index in [0.29, 0.717) is 16.5 Å². The van der Waals surface area contributed by atoms with E-state index in [4.69, 9.17) is 25.8 Å². The number of hydrogen-bond acceptors (Lipinski definition) is 5. The fourth-order valence-electron chi connectivity index (χ4n) is 2.30. The fraction of sp³-hybridized carbons (Fsp3) is 0.250. The molecule has 1 atom stereocenters. The van der Waals surface area contributed by atoms with Crippen LogP contribution in [-0.2, 0) is 10.0 Å². The molecule has 0 fully saturated rings. The monoisotopic (exact) mass is 369 g/mol. The number of benzene rings is 2. The lowest BCUT2D eigenvalue weighted by Crippen LogP contribution is -2.40. The van der Waals surface area contributed by atoms with Crippen molar-refractivity contribution >= 4 is 21.6 Å². The van der Waals surface area contributed by atoms with Gasteiger partial charge in [0.15, 0.2) is 11.5 Å². The highest BCUT2D eigenvalue weighted by Crippen LogP contribution is 2.31. The van der Waals surface area contributed by atoms with Crippen LogP contribution in [0.15, 0.2) is 47.4 Å². The molecule has 1 unspecified atom stereocenters. The summed E-state index contributed by atoms with van der Waals surface area (Å²) in [5.74, 6) is 1.46. The highest BCUT2D eigenvalue weighted by atomic mass is 35.5. The number of sulfonamides is 1. The van der Waals surface area contributed by atoms with Gasteiger partial charge in [-0.15, -0.1) is 0 Å². The van der Waals surface area contributed by atoms with Crippen molar-refractivity contribution in [1.82, 2.24) is 4.72 Å². The third-order valence-corrected chi connectivity index (χ3v) is 5.16. The number of hydrogen-bond donors (Lipinski definition) is 1. The Morgan fingerprint density at radius 2 is 2.00 bits per heavy atom. The van der Waals surface area contributed by atoms with Gasteiger partial charge in [0.25, 0.3) is 0 Å². The molecule has 0 aliphatic carbocycles. The van der Waals surface area contributed by atoms with Gasteiger partial charge in [-0.1, -0.05) is 23.7 Å². The predicted octanol–water partition coefficient (Wildman–Crippen LogP) is 2.47. The second-order valence-electron chi connectivity index (χ2n) is 5.14. The van der Waals surface area contributed by atoms with Crippen LogP contribution in [0.5, 0.6) is 17.2 Å². The molecular weight excluding hydrogens is 354 g/mol. The summed E-state index contributed by atoms with van der Waals surface area (Å²) in [5, 5.41) is 0.308. The number of fused-ring (bicyclic) bond motifs is 1. The lowest BCUT2D eigenvalue weighted by atomic mass is 10.2. The van der Waals surface area contributed by atoms with Crippen molar-refractivity contribution in [2.45, 2.75) is 11.0 Å². The lowest BCUT2D eigenvalue weighted by Gasteiger charge is -2.26. The van der Waals surface area contributed by atoms with Gasteiger partial charge in [0.2, 0.25) is 10.0 Å². The molecule has 1 aliphatic rings. The molecule has 0 saturated heterocycles. The summed E-state index contributed by atoms with van der Waals surface area (Å²) >= 11 is 5.89. The van der Waals surface area contributed by atoms with Crippen LogP contribution in [0.25, 0.3) is 0 Å². The van der Waals surface area contributed by atoms with Gasteiger partial charge >= 0.3 is 0 Å².